The summed E-state index contributed by atoms with van der Waals surface area (Å²) in [5.74, 6) is 0.419. The highest BCUT2D eigenvalue weighted by atomic mass is 35.5. The zero-order valence-corrected chi connectivity index (χ0v) is 19.9. The average Bonchev–Trinajstić information content (AvgIpc) is 3.27. The molecule has 3 aromatic carbocycles. The number of benzene rings is 3. The number of ether oxygens (including phenoxy) is 1. The molecule has 0 amide bonds. The normalized spacial score (nSPS) is 16.6. The van der Waals surface area contributed by atoms with E-state index in [0.717, 1.165) is 34.2 Å². The number of carbonyl (C=O) groups is 2. The van der Waals surface area contributed by atoms with Crippen LogP contribution < -0.4 is 10.1 Å². The molecular weight excluding hydrogens is 472 g/mol. The predicted molar refractivity (Wildman–Crippen MR) is 141 cm³/mol. The third-order valence-corrected chi connectivity index (χ3v) is 6.80. The van der Waals surface area contributed by atoms with Crippen molar-refractivity contribution >= 4 is 34.9 Å². The molecule has 6 rings (SSSR count). The molecule has 1 aliphatic heterocycles. The summed E-state index contributed by atoms with van der Waals surface area (Å²) in [6.45, 7) is 0. The fraction of sp³-hybridized carbons (Fsp3) is 0.0667. The standard InChI is InChI=1S/C30H21ClN2O3/c31-21-15-13-20(14-16-21)29(35)30-28(32-22-10-4-5-12-25(22)36-30)27-23-11-6-7-17-33(23)24(18-34)26(27)19-8-2-1-3-9-19/h1-18,28,30,32H/t28-,30+/m0/s1. The summed E-state index contributed by atoms with van der Waals surface area (Å²) in [5.41, 5.74) is 5.10. The highest BCUT2D eigenvalue weighted by Gasteiger charge is 2.40. The summed E-state index contributed by atoms with van der Waals surface area (Å²) in [4.78, 5) is 26.3. The first-order chi connectivity index (χ1) is 17.7. The van der Waals surface area contributed by atoms with Crippen molar-refractivity contribution in [3.8, 4) is 16.9 Å². The van der Waals surface area contributed by atoms with Gasteiger partial charge in [0.05, 0.1) is 22.9 Å². The van der Waals surface area contributed by atoms with Crippen LogP contribution in [0.4, 0.5) is 5.69 Å². The van der Waals surface area contributed by atoms with Crippen LogP contribution in [-0.4, -0.2) is 22.6 Å². The maximum absolute atomic E-state index is 13.9. The number of nitrogens with zero attached hydrogens (tertiary/aromatic N) is 1. The molecule has 5 nitrogen and oxygen atoms in total. The summed E-state index contributed by atoms with van der Waals surface area (Å²) >= 11 is 6.08. The van der Waals surface area contributed by atoms with Gasteiger partial charge in [0.25, 0.3) is 0 Å². The van der Waals surface area contributed by atoms with E-state index in [1.807, 2.05) is 83.4 Å². The van der Waals surface area contributed by atoms with Crippen LogP contribution in [0.15, 0.2) is 103 Å². The Morgan fingerprint density at radius 1 is 0.889 bits per heavy atom. The van der Waals surface area contributed by atoms with Crippen molar-refractivity contribution in [2.45, 2.75) is 12.1 Å². The number of anilines is 1. The zero-order chi connectivity index (χ0) is 24.6. The van der Waals surface area contributed by atoms with Crippen molar-refractivity contribution < 1.29 is 14.3 Å². The molecular formula is C30H21ClN2O3. The lowest BCUT2D eigenvalue weighted by atomic mass is 9.88. The van der Waals surface area contributed by atoms with E-state index in [-0.39, 0.29) is 5.78 Å². The van der Waals surface area contributed by atoms with E-state index < -0.39 is 12.1 Å². The highest BCUT2D eigenvalue weighted by Crippen LogP contribution is 2.44. The lowest BCUT2D eigenvalue weighted by Gasteiger charge is -2.35. The highest BCUT2D eigenvalue weighted by molar-refractivity contribution is 6.30. The molecule has 1 N–H and O–H groups in total. The number of carbonyl (C=O) groups excluding carboxylic acids is 2. The Morgan fingerprint density at radius 2 is 1.61 bits per heavy atom. The van der Waals surface area contributed by atoms with E-state index in [1.54, 1.807) is 24.3 Å². The third-order valence-electron chi connectivity index (χ3n) is 6.55. The lowest BCUT2D eigenvalue weighted by molar-refractivity contribution is 0.0746. The number of nitrogens with one attached hydrogen (secondary N) is 1. The quantitative estimate of drug-likeness (QED) is 0.215. The van der Waals surface area contributed by atoms with Gasteiger partial charge in [-0.25, -0.2) is 0 Å². The minimum absolute atomic E-state index is 0.180. The second kappa shape index (κ2) is 9.02. The fourth-order valence-corrected chi connectivity index (χ4v) is 5.07. The number of para-hydroxylation sites is 2. The lowest BCUT2D eigenvalue weighted by Crippen LogP contribution is -2.41. The monoisotopic (exact) mass is 492 g/mol. The van der Waals surface area contributed by atoms with Gasteiger partial charge in [0.1, 0.15) is 5.75 Å². The van der Waals surface area contributed by atoms with Crippen LogP contribution in [0.1, 0.15) is 32.5 Å². The first-order valence-corrected chi connectivity index (χ1v) is 12.0. The Labute approximate surface area is 212 Å². The molecule has 2 aromatic heterocycles. The Bertz CT molecular complexity index is 1590. The van der Waals surface area contributed by atoms with Crippen LogP contribution in [0.3, 0.4) is 0 Å². The van der Waals surface area contributed by atoms with Gasteiger partial charge in [-0.15, -0.1) is 0 Å². The van der Waals surface area contributed by atoms with Gasteiger partial charge in [-0.1, -0.05) is 60.1 Å². The van der Waals surface area contributed by atoms with Gasteiger partial charge in [-0.05, 0) is 54.1 Å². The third kappa shape index (κ3) is 3.65. The van der Waals surface area contributed by atoms with Crippen molar-refractivity contribution in [1.82, 2.24) is 4.40 Å². The number of rotatable bonds is 5. The van der Waals surface area contributed by atoms with E-state index in [9.17, 15) is 9.59 Å². The summed E-state index contributed by atoms with van der Waals surface area (Å²) < 4.78 is 8.26. The first kappa shape index (κ1) is 22.1. The second-order valence-corrected chi connectivity index (χ2v) is 9.08. The van der Waals surface area contributed by atoms with E-state index >= 15 is 0 Å². The zero-order valence-electron chi connectivity index (χ0n) is 19.1. The molecule has 0 unspecified atom stereocenters. The Kier molecular flexibility index (Phi) is 5.55. The van der Waals surface area contributed by atoms with Gasteiger partial charge in [0, 0.05) is 27.9 Å². The van der Waals surface area contributed by atoms with Gasteiger partial charge < -0.3 is 14.5 Å². The van der Waals surface area contributed by atoms with Gasteiger partial charge in [0.2, 0.25) is 5.78 Å². The maximum atomic E-state index is 13.9. The largest absolute Gasteiger partial charge is 0.478 e. The molecule has 3 heterocycles. The van der Waals surface area contributed by atoms with Crippen LogP contribution in [0.2, 0.25) is 5.02 Å². The second-order valence-electron chi connectivity index (χ2n) is 8.64. The Hall–Kier alpha value is -4.35. The van der Waals surface area contributed by atoms with Crippen LogP contribution in [0.25, 0.3) is 16.6 Å². The SMILES string of the molecule is O=Cc1c(-c2ccccc2)c([C@@H]2Nc3ccccc3O[C@H]2C(=O)c2ccc(Cl)cc2)c2ccccn12. The van der Waals surface area contributed by atoms with Gasteiger partial charge in [-0.3, -0.25) is 9.59 Å². The van der Waals surface area contributed by atoms with Crippen molar-refractivity contribution in [2.24, 2.45) is 0 Å². The van der Waals surface area contributed by atoms with Crippen LogP contribution in [-0.2, 0) is 0 Å². The van der Waals surface area contributed by atoms with Crippen LogP contribution in [0.5, 0.6) is 5.75 Å². The minimum Gasteiger partial charge on any atom is -0.478 e. The Balaban J connectivity index is 1.61. The number of aromatic nitrogens is 1. The number of fused-ring (bicyclic) bond motifs is 2. The number of hydrogen-bond donors (Lipinski definition) is 1. The van der Waals surface area contributed by atoms with Crippen molar-refractivity contribution in [2.75, 3.05) is 5.32 Å². The average molecular weight is 493 g/mol. The van der Waals surface area contributed by atoms with Crippen molar-refractivity contribution in [3.63, 3.8) is 0 Å². The molecule has 0 saturated heterocycles. The number of halogens is 1. The van der Waals surface area contributed by atoms with Crippen molar-refractivity contribution in [1.29, 1.82) is 0 Å². The molecule has 0 fully saturated rings. The number of aldehydes is 1. The fourth-order valence-electron chi connectivity index (χ4n) is 4.94. The molecule has 2 atom stereocenters. The molecule has 176 valence electrons. The van der Waals surface area contributed by atoms with Crippen LogP contribution in [0, 0.1) is 0 Å². The summed E-state index contributed by atoms with van der Waals surface area (Å²) in [6.07, 6.45) is 1.85. The Morgan fingerprint density at radius 3 is 2.39 bits per heavy atom. The molecule has 36 heavy (non-hydrogen) atoms. The summed E-state index contributed by atoms with van der Waals surface area (Å²) in [5, 5.41) is 4.12. The topological polar surface area (TPSA) is 59.8 Å². The van der Waals surface area contributed by atoms with Gasteiger partial charge >= 0.3 is 0 Å². The van der Waals surface area contributed by atoms with E-state index in [4.69, 9.17) is 16.3 Å². The van der Waals surface area contributed by atoms with E-state index in [1.165, 1.54) is 0 Å². The first-order valence-electron chi connectivity index (χ1n) is 11.6. The van der Waals surface area contributed by atoms with E-state index in [2.05, 4.69) is 5.32 Å². The number of pyridine rings is 1. The minimum atomic E-state index is -0.880. The molecule has 0 bridgehead atoms. The molecule has 1 aliphatic rings. The predicted octanol–water partition coefficient (Wildman–Crippen LogP) is 6.87. The summed E-state index contributed by atoms with van der Waals surface area (Å²) in [7, 11) is 0. The van der Waals surface area contributed by atoms with Gasteiger partial charge in [0.15, 0.2) is 12.4 Å². The summed E-state index contributed by atoms with van der Waals surface area (Å²) in [6, 6.07) is 29.3. The smallest absolute Gasteiger partial charge is 0.205 e. The number of ketones is 1. The number of hydrogen-bond acceptors (Lipinski definition) is 4. The molecule has 5 aromatic rings. The molecule has 6 heteroatoms. The maximum Gasteiger partial charge on any atom is 0.205 e. The van der Waals surface area contributed by atoms with Crippen molar-refractivity contribution in [3.05, 3.63) is 125 Å². The molecule has 0 spiro atoms. The van der Waals surface area contributed by atoms with Crippen LogP contribution >= 0.6 is 11.6 Å². The molecule has 0 saturated carbocycles. The molecule has 0 aliphatic carbocycles. The molecule has 0 radical (unpaired) electrons. The van der Waals surface area contributed by atoms with E-state index in [0.29, 0.717) is 22.0 Å². The number of Topliss-reactive ketones (excluding diaryl/α,β-unsaturated/α-hetero) is 1. The van der Waals surface area contributed by atoms with Gasteiger partial charge in [-0.2, -0.15) is 0 Å².